The Balaban J connectivity index is 2.33. The molecule has 72 valence electrons. The Hall–Kier alpha value is -1.71. The first-order valence-electron chi connectivity index (χ1n) is 4.55. The summed E-state index contributed by atoms with van der Waals surface area (Å²) in [6.07, 6.45) is 2.69. The maximum absolute atomic E-state index is 5.28. The average Bonchev–Trinajstić information content (AvgIpc) is 2.65. The molecule has 2 aromatic rings. The highest BCUT2D eigenvalue weighted by Gasteiger charge is 2.05. The second kappa shape index (κ2) is 3.57. The van der Waals surface area contributed by atoms with Crippen LogP contribution in [0.15, 0.2) is 22.7 Å². The van der Waals surface area contributed by atoms with Gasteiger partial charge >= 0.3 is 0 Å². The molecule has 2 heterocycles. The Morgan fingerprint density at radius 3 is 2.64 bits per heavy atom. The number of hydrogen-bond acceptors (Lipinski definition) is 4. The molecule has 0 aromatic carbocycles. The minimum absolute atomic E-state index is 0.526. The standard InChI is InChI=1S/C10H11N3O/c1-3-9-5-4-8(6-11-9)10-13-12-7(2)14-10/h4-6H,3H2,1-2H3. The van der Waals surface area contributed by atoms with Crippen molar-refractivity contribution in [2.45, 2.75) is 20.3 Å². The van der Waals surface area contributed by atoms with E-state index < -0.39 is 0 Å². The third-order valence-corrected chi connectivity index (χ3v) is 1.96. The van der Waals surface area contributed by atoms with Gasteiger partial charge in [0.1, 0.15) is 0 Å². The van der Waals surface area contributed by atoms with Crippen molar-refractivity contribution in [3.8, 4) is 11.5 Å². The summed E-state index contributed by atoms with van der Waals surface area (Å²) in [5.41, 5.74) is 1.92. The zero-order valence-corrected chi connectivity index (χ0v) is 8.19. The van der Waals surface area contributed by atoms with E-state index in [9.17, 15) is 0 Å². The molecule has 2 rings (SSSR count). The molecule has 4 nitrogen and oxygen atoms in total. The van der Waals surface area contributed by atoms with Gasteiger partial charge in [-0.15, -0.1) is 10.2 Å². The van der Waals surface area contributed by atoms with E-state index in [2.05, 4.69) is 22.1 Å². The Kier molecular flexibility index (Phi) is 2.26. The molecule has 0 saturated heterocycles. The van der Waals surface area contributed by atoms with Gasteiger partial charge < -0.3 is 4.42 Å². The number of aryl methyl sites for hydroxylation is 2. The second-order valence-corrected chi connectivity index (χ2v) is 3.02. The van der Waals surface area contributed by atoms with Gasteiger partial charge in [0, 0.05) is 18.8 Å². The van der Waals surface area contributed by atoms with Crippen LogP contribution in [0.1, 0.15) is 18.5 Å². The highest BCUT2D eigenvalue weighted by Crippen LogP contribution is 2.16. The summed E-state index contributed by atoms with van der Waals surface area (Å²) >= 11 is 0. The van der Waals surface area contributed by atoms with Crippen molar-refractivity contribution in [3.63, 3.8) is 0 Å². The van der Waals surface area contributed by atoms with Crippen molar-refractivity contribution in [2.75, 3.05) is 0 Å². The van der Waals surface area contributed by atoms with E-state index in [-0.39, 0.29) is 0 Å². The monoisotopic (exact) mass is 189 g/mol. The van der Waals surface area contributed by atoms with E-state index in [1.54, 1.807) is 13.1 Å². The third kappa shape index (κ3) is 1.64. The van der Waals surface area contributed by atoms with Crippen LogP contribution in [-0.4, -0.2) is 15.2 Å². The Labute approximate surface area is 82.0 Å². The van der Waals surface area contributed by atoms with Gasteiger partial charge in [-0.2, -0.15) is 0 Å². The molecular weight excluding hydrogens is 178 g/mol. The summed E-state index contributed by atoms with van der Waals surface area (Å²) in [6, 6.07) is 3.91. The Bertz CT molecular complexity index is 419. The highest BCUT2D eigenvalue weighted by atomic mass is 16.4. The average molecular weight is 189 g/mol. The number of aromatic nitrogens is 3. The molecule has 0 aliphatic heterocycles. The molecule has 0 N–H and O–H groups in total. The minimum atomic E-state index is 0.526. The smallest absolute Gasteiger partial charge is 0.249 e. The fourth-order valence-corrected chi connectivity index (χ4v) is 1.17. The van der Waals surface area contributed by atoms with Crippen molar-refractivity contribution < 1.29 is 4.42 Å². The van der Waals surface area contributed by atoms with E-state index in [1.165, 1.54) is 0 Å². The van der Waals surface area contributed by atoms with Crippen LogP contribution < -0.4 is 0 Å². The molecule has 0 aliphatic carbocycles. The lowest BCUT2D eigenvalue weighted by molar-refractivity contribution is 0.532. The van der Waals surface area contributed by atoms with Crippen LogP contribution in [-0.2, 0) is 6.42 Å². The van der Waals surface area contributed by atoms with Gasteiger partial charge in [0.15, 0.2) is 0 Å². The van der Waals surface area contributed by atoms with Crippen LogP contribution in [0.2, 0.25) is 0 Å². The molecule has 14 heavy (non-hydrogen) atoms. The predicted octanol–water partition coefficient (Wildman–Crippen LogP) is 2.00. The largest absolute Gasteiger partial charge is 0.421 e. The zero-order chi connectivity index (χ0) is 9.97. The van der Waals surface area contributed by atoms with Gasteiger partial charge in [-0.1, -0.05) is 6.92 Å². The van der Waals surface area contributed by atoms with Crippen molar-refractivity contribution in [3.05, 3.63) is 29.9 Å². The predicted molar refractivity (Wildman–Crippen MR) is 51.6 cm³/mol. The maximum atomic E-state index is 5.28. The molecule has 0 amide bonds. The summed E-state index contributed by atoms with van der Waals surface area (Å²) < 4.78 is 5.28. The Morgan fingerprint density at radius 1 is 1.29 bits per heavy atom. The SMILES string of the molecule is CCc1ccc(-c2nnc(C)o2)cn1. The second-order valence-electron chi connectivity index (χ2n) is 3.02. The molecule has 0 aliphatic rings. The van der Waals surface area contributed by atoms with E-state index in [1.807, 2.05) is 12.1 Å². The Morgan fingerprint density at radius 2 is 2.14 bits per heavy atom. The third-order valence-electron chi connectivity index (χ3n) is 1.96. The summed E-state index contributed by atoms with van der Waals surface area (Å²) in [7, 11) is 0. The zero-order valence-electron chi connectivity index (χ0n) is 8.19. The fraction of sp³-hybridized carbons (Fsp3) is 0.300. The molecule has 0 fully saturated rings. The topological polar surface area (TPSA) is 51.8 Å². The van der Waals surface area contributed by atoms with Crippen LogP contribution in [0.3, 0.4) is 0 Å². The van der Waals surface area contributed by atoms with E-state index in [0.717, 1.165) is 17.7 Å². The van der Waals surface area contributed by atoms with Gasteiger partial charge in [0.05, 0.1) is 5.56 Å². The van der Waals surface area contributed by atoms with Crippen LogP contribution in [0.25, 0.3) is 11.5 Å². The molecule has 0 radical (unpaired) electrons. The van der Waals surface area contributed by atoms with Gasteiger partial charge in [0.2, 0.25) is 11.8 Å². The van der Waals surface area contributed by atoms with Gasteiger partial charge in [-0.05, 0) is 18.6 Å². The van der Waals surface area contributed by atoms with E-state index >= 15 is 0 Å². The normalized spacial score (nSPS) is 10.4. The summed E-state index contributed by atoms with van der Waals surface area (Å²) in [4.78, 5) is 4.26. The number of nitrogens with zero attached hydrogens (tertiary/aromatic N) is 3. The summed E-state index contributed by atoms with van der Waals surface area (Å²) in [6.45, 7) is 3.84. The maximum Gasteiger partial charge on any atom is 0.249 e. The van der Waals surface area contributed by atoms with Crippen molar-refractivity contribution >= 4 is 0 Å². The van der Waals surface area contributed by atoms with Crippen molar-refractivity contribution in [1.82, 2.24) is 15.2 Å². The van der Waals surface area contributed by atoms with E-state index in [0.29, 0.717) is 11.8 Å². The molecule has 4 heteroatoms. The lowest BCUT2D eigenvalue weighted by Gasteiger charge is -1.96. The molecule has 0 spiro atoms. The fourth-order valence-electron chi connectivity index (χ4n) is 1.17. The quantitative estimate of drug-likeness (QED) is 0.725. The summed E-state index contributed by atoms with van der Waals surface area (Å²) in [5.74, 6) is 1.09. The first kappa shape index (κ1) is 8.87. The van der Waals surface area contributed by atoms with E-state index in [4.69, 9.17) is 4.42 Å². The van der Waals surface area contributed by atoms with Crippen molar-refractivity contribution in [2.24, 2.45) is 0 Å². The molecule has 0 bridgehead atoms. The lowest BCUT2D eigenvalue weighted by Crippen LogP contribution is -1.86. The van der Waals surface area contributed by atoms with Crippen LogP contribution in [0.5, 0.6) is 0 Å². The molecule has 0 saturated carbocycles. The van der Waals surface area contributed by atoms with Crippen LogP contribution in [0.4, 0.5) is 0 Å². The molecular formula is C10H11N3O. The molecule has 2 aromatic heterocycles. The van der Waals surface area contributed by atoms with Crippen molar-refractivity contribution in [1.29, 1.82) is 0 Å². The number of hydrogen-bond donors (Lipinski definition) is 0. The molecule has 0 atom stereocenters. The first-order chi connectivity index (χ1) is 6.79. The van der Waals surface area contributed by atoms with Crippen LogP contribution >= 0.6 is 0 Å². The van der Waals surface area contributed by atoms with Gasteiger partial charge in [-0.3, -0.25) is 4.98 Å². The minimum Gasteiger partial charge on any atom is -0.421 e. The number of pyridine rings is 1. The van der Waals surface area contributed by atoms with Crippen LogP contribution in [0, 0.1) is 6.92 Å². The summed E-state index contributed by atoms with van der Waals surface area (Å²) in [5, 5.41) is 7.68. The molecule has 0 unspecified atom stereocenters. The lowest BCUT2D eigenvalue weighted by atomic mass is 10.2. The highest BCUT2D eigenvalue weighted by molar-refractivity contribution is 5.50. The number of rotatable bonds is 2. The first-order valence-corrected chi connectivity index (χ1v) is 4.55. The van der Waals surface area contributed by atoms with Gasteiger partial charge in [0.25, 0.3) is 0 Å². The van der Waals surface area contributed by atoms with Gasteiger partial charge in [-0.25, -0.2) is 0 Å².